The van der Waals surface area contributed by atoms with Crippen LogP contribution in [-0.4, -0.2) is 31.3 Å². The summed E-state index contributed by atoms with van der Waals surface area (Å²) in [5.41, 5.74) is 1.64. The molecule has 6 nitrogen and oxygen atoms in total. The Morgan fingerprint density at radius 2 is 2.00 bits per heavy atom. The first kappa shape index (κ1) is 15.8. The van der Waals surface area contributed by atoms with Gasteiger partial charge >= 0.3 is 6.03 Å². The second-order valence-electron chi connectivity index (χ2n) is 4.53. The van der Waals surface area contributed by atoms with Gasteiger partial charge in [0.15, 0.2) is 0 Å². The number of amides is 2. The van der Waals surface area contributed by atoms with Crippen molar-refractivity contribution < 1.29 is 14.3 Å². The summed E-state index contributed by atoms with van der Waals surface area (Å²) in [7, 11) is 1.63. The summed E-state index contributed by atoms with van der Waals surface area (Å²) >= 11 is 0. The number of methoxy groups -OCH3 is 1. The lowest BCUT2D eigenvalue weighted by Gasteiger charge is -2.09. The summed E-state index contributed by atoms with van der Waals surface area (Å²) in [5, 5.41) is 5.52. The minimum atomic E-state index is -0.267. The molecule has 0 bridgehead atoms. The lowest BCUT2D eigenvalue weighted by molar-refractivity contribution is 0.146. The predicted molar refractivity (Wildman–Crippen MR) is 83.9 cm³/mol. The Kier molecular flexibility index (Phi) is 6.19. The van der Waals surface area contributed by atoms with Crippen molar-refractivity contribution in [3.63, 3.8) is 0 Å². The Morgan fingerprint density at radius 1 is 1.18 bits per heavy atom. The van der Waals surface area contributed by atoms with Gasteiger partial charge in [0.1, 0.15) is 12.4 Å². The van der Waals surface area contributed by atoms with Crippen molar-refractivity contribution in [3.05, 3.63) is 54.4 Å². The molecule has 0 fully saturated rings. The lowest BCUT2D eigenvalue weighted by Crippen LogP contribution is -2.28. The number of nitrogens with zero attached hydrogens (tertiary/aromatic N) is 1. The van der Waals surface area contributed by atoms with Crippen molar-refractivity contribution in [2.24, 2.45) is 0 Å². The van der Waals surface area contributed by atoms with E-state index in [1.54, 1.807) is 43.8 Å². The molecule has 2 aromatic rings. The molecular formula is C16H19N3O3. The van der Waals surface area contributed by atoms with Crippen LogP contribution < -0.4 is 15.4 Å². The van der Waals surface area contributed by atoms with Gasteiger partial charge in [0.05, 0.1) is 6.61 Å². The van der Waals surface area contributed by atoms with Gasteiger partial charge in [-0.05, 0) is 35.9 Å². The average Bonchev–Trinajstić information content (AvgIpc) is 2.56. The van der Waals surface area contributed by atoms with Crippen LogP contribution in [0.25, 0.3) is 0 Å². The SMILES string of the molecule is COCCOc1ccc(NC(=O)NCc2cccnc2)cc1. The number of hydrogen-bond donors (Lipinski definition) is 2. The summed E-state index contributed by atoms with van der Waals surface area (Å²) in [6.45, 7) is 1.46. The molecule has 1 aromatic heterocycles. The van der Waals surface area contributed by atoms with Gasteiger partial charge in [-0.2, -0.15) is 0 Å². The first-order valence-electron chi connectivity index (χ1n) is 6.93. The van der Waals surface area contributed by atoms with E-state index in [0.717, 1.165) is 11.3 Å². The van der Waals surface area contributed by atoms with E-state index in [9.17, 15) is 4.79 Å². The van der Waals surface area contributed by atoms with E-state index in [-0.39, 0.29) is 6.03 Å². The van der Waals surface area contributed by atoms with Gasteiger partial charge in [0.2, 0.25) is 0 Å². The molecule has 0 unspecified atom stereocenters. The van der Waals surface area contributed by atoms with Crippen molar-refractivity contribution >= 4 is 11.7 Å². The highest BCUT2D eigenvalue weighted by molar-refractivity contribution is 5.89. The van der Waals surface area contributed by atoms with Crippen LogP contribution in [0.2, 0.25) is 0 Å². The van der Waals surface area contributed by atoms with E-state index in [1.165, 1.54) is 0 Å². The third-order valence-corrected chi connectivity index (χ3v) is 2.84. The molecule has 116 valence electrons. The molecule has 0 aliphatic carbocycles. The Morgan fingerprint density at radius 3 is 2.68 bits per heavy atom. The molecule has 0 atom stereocenters. The van der Waals surface area contributed by atoms with Crippen LogP contribution in [0.15, 0.2) is 48.8 Å². The molecule has 0 saturated heterocycles. The largest absolute Gasteiger partial charge is 0.491 e. The fourth-order valence-corrected chi connectivity index (χ4v) is 1.74. The zero-order valence-corrected chi connectivity index (χ0v) is 12.4. The number of nitrogens with one attached hydrogen (secondary N) is 2. The average molecular weight is 301 g/mol. The first-order chi connectivity index (χ1) is 10.8. The molecule has 22 heavy (non-hydrogen) atoms. The molecule has 1 aromatic carbocycles. The van der Waals surface area contributed by atoms with Crippen molar-refractivity contribution in [2.75, 3.05) is 25.6 Å². The normalized spacial score (nSPS) is 10.0. The van der Waals surface area contributed by atoms with Gasteiger partial charge in [0, 0.05) is 31.7 Å². The van der Waals surface area contributed by atoms with E-state index in [0.29, 0.717) is 25.4 Å². The number of ether oxygens (including phenoxy) is 2. The minimum Gasteiger partial charge on any atom is -0.491 e. The van der Waals surface area contributed by atoms with Crippen molar-refractivity contribution in [2.45, 2.75) is 6.54 Å². The molecule has 0 aliphatic heterocycles. The molecule has 1 heterocycles. The highest BCUT2D eigenvalue weighted by Gasteiger charge is 2.02. The Bertz CT molecular complexity index is 573. The summed E-state index contributed by atoms with van der Waals surface area (Å²) < 4.78 is 10.4. The van der Waals surface area contributed by atoms with Crippen LogP contribution in [0.4, 0.5) is 10.5 Å². The topological polar surface area (TPSA) is 72.5 Å². The number of carbonyl (C=O) groups excluding carboxylic acids is 1. The van der Waals surface area contributed by atoms with Crippen LogP contribution in [0.5, 0.6) is 5.75 Å². The van der Waals surface area contributed by atoms with Gasteiger partial charge < -0.3 is 20.1 Å². The third-order valence-electron chi connectivity index (χ3n) is 2.84. The summed E-state index contributed by atoms with van der Waals surface area (Å²) in [4.78, 5) is 15.8. The van der Waals surface area contributed by atoms with Crippen molar-refractivity contribution in [1.29, 1.82) is 0 Å². The van der Waals surface area contributed by atoms with Crippen molar-refractivity contribution in [1.82, 2.24) is 10.3 Å². The fraction of sp³-hybridized carbons (Fsp3) is 0.250. The van der Waals surface area contributed by atoms with Crippen molar-refractivity contribution in [3.8, 4) is 5.75 Å². The molecular weight excluding hydrogens is 282 g/mol. The first-order valence-corrected chi connectivity index (χ1v) is 6.93. The Hall–Kier alpha value is -2.60. The molecule has 6 heteroatoms. The molecule has 0 spiro atoms. The van der Waals surface area contributed by atoms with Crippen LogP contribution in [0.3, 0.4) is 0 Å². The quantitative estimate of drug-likeness (QED) is 0.770. The van der Waals surface area contributed by atoms with Gasteiger partial charge in [-0.3, -0.25) is 4.98 Å². The molecule has 0 radical (unpaired) electrons. The number of pyridine rings is 1. The number of hydrogen-bond acceptors (Lipinski definition) is 4. The summed E-state index contributed by atoms with van der Waals surface area (Å²) in [5.74, 6) is 0.735. The molecule has 2 N–H and O–H groups in total. The van der Waals surface area contributed by atoms with Crippen LogP contribution in [0.1, 0.15) is 5.56 Å². The number of urea groups is 1. The molecule has 2 rings (SSSR count). The zero-order chi connectivity index (χ0) is 15.6. The second-order valence-corrected chi connectivity index (χ2v) is 4.53. The molecule has 2 amide bonds. The van der Waals surface area contributed by atoms with E-state index in [4.69, 9.17) is 9.47 Å². The number of benzene rings is 1. The van der Waals surface area contributed by atoms with E-state index < -0.39 is 0 Å². The summed E-state index contributed by atoms with van der Waals surface area (Å²) in [6.07, 6.45) is 3.41. The number of carbonyl (C=O) groups is 1. The number of rotatable bonds is 7. The van der Waals surface area contributed by atoms with Gasteiger partial charge in [-0.15, -0.1) is 0 Å². The minimum absolute atomic E-state index is 0.267. The van der Waals surface area contributed by atoms with Gasteiger partial charge in [0.25, 0.3) is 0 Å². The number of aromatic nitrogens is 1. The monoisotopic (exact) mass is 301 g/mol. The Labute approximate surface area is 129 Å². The van der Waals surface area contributed by atoms with E-state index in [1.807, 2.05) is 12.1 Å². The predicted octanol–water partition coefficient (Wildman–Crippen LogP) is 2.43. The van der Waals surface area contributed by atoms with Crippen LogP contribution in [-0.2, 0) is 11.3 Å². The number of anilines is 1. The van der Waals surface area contributed by atoms with E-state index >= 15 is 0 Å². The lowest BCUT2D eigenvalue weighted by atomic mass is 10.3. The van der Waals surface area contributed by atoms with E-state index in [2.05, 4.69) is 15.6 Å². The fourth-order valence-electron chi connectivity index (χ4n) is 1.74. The Balaban J connectivity index is 1.76. The van der Waals surface area contributed by atoms with Gasteiger partial charge in [-0.1, -0.05) is 6.07 Å². The highest BCUT2D eigenvalue weighted by atomic mass is 16.5. The second kappa shape index (κ2) is 8.63. The smallest absolute Gasteiger partial charge is 0.319 e. The van der Waals surface area contributed by atoms with Crippen LogP contribution in [0, 0.1) is 0 Å². The molecule has 0 saturated carbocycles. The highest BCUT2D eigenvalue weighted by Crippen LogP contribution is 2.15. The molecule has 0 aliphatic rings. The standard InChI is InChI=1S/C16H19N3O3/c1-21-9-10-22-15-6-4-14(5-7-15)19-16(20)18-12-13-3-2-8-17-11-13/h2-8,11H,9-10,12H2,1H3,(H2,18,19,20). The zero-order valence-electron chi connectivity index (χ0n) is 12.4. The van der Waals surface area contributed by atoms with Gasteiger partial charge in [-0.25, -0.2) is 4.79 Å². The summed E-state index contributed by atoms with van der Waals surface area (Å²) in [6, 6.07) is 10.6. The maximum atomic E-state index is 11.8. The maximum Gasteiger partial charge on any atom is 0.319 e. The third kappa shape index (κ3) is 5.41. The van der Waals surface area contributed by atoms with Crippen LogP contribution >= 0.6 is 0 Å². The maximum absolute atomic E-state index is 11.8.